The van der Waals surface area contributed by atoms with Crippen LogP contribution in [0.1, 0.15) is 30.7 Å². The number of carbonyl (C=O) groups excluding carboxylic acids is 1. The van der Waals surface area contributed by atoms with E-state index in [2.05, 4.69) is 44.8 Å². The third-order valence-corrected chi connectivity index (χ3v) is 6.61. The molecule has 1 aliphatic rings. The number of likely N-dealkylation sites (tertiary alicyclic amines) is 1. The van der Waals surface area contributed by atoms with E-state index >= 15 is 0 Å². The maximum Gasteiger partial charge on any atom is 0.226 e. The average Bonchev–Trinajstić information content (AvgIpc) is 3.37. The molecule has 0 aliphatic carbocycles. The van der Waals surface area contributed by atoms with E-state index in [1.54, 1.807) is 0 Å². The summed E-state index contributed by atoms with van der Waals surface area (Å²) in [4.78, 5) is 19.7. The second-order valence-electron chi connectivity index (χ2n) is 8.80. The van der Waals surface area contributed by atoms with Crippen molar-refractivity contribution in [3.63, 3.8) is 0 Å². The number of nitrogens with zero attached hydrogens (tertiary/aromatic N) is 4. The van der Waals surface area contributed by atoms with Gasteiger partial charge in [0.25, 0.3) is 0 Å². The molecule has 2 aromatic carbocycles. The molecule has 4 aromatic rings. The molecule has 1 atom stereocenters. The molecule has 1 N–H and O–H groups in total. The van der Waals surface area contributed by atoms with Crippen molar-refractivity contribution < 1.29 is 4.79 Å². The molecule has 32 heavy (non-hydrogen) atoms. The number of aromatic nitrogens is 4. The van der Waals surface area contributed by atoms with E-state index in [9.17, 15) is 4.79 Å². The molecule has 1 amide bonds. The van der Waals surface area contributed by atoms with Crippen LogP contribution in [0.2, 0.25) is 0 Å². The molecule has 6 heteroatoms. The predicted octanol–water partition coefficient (Wildman–Crippen LogP) is 4.61. The van der Waals surface area contributed by atoms with Crippen molar-refractivity contribution in [2.75, 3.05) is 13.1 Å². The van der Waals surface area contributed by atoms with Crippen LogP contribution in [0, 0.1) is 12.8 Å². The monoisotopic (exact) mass is 427 g/mol. The summed E-state index contributed by atoms with van der Waals surface area (Å²) >= 11 is 0. The summed E-state index contributed by atoms with van der Waals surface area (Å²) < 4.78 is 2.35. The number of fused-ring (bicyclic) bond motifs is 1. The Labute approximate surface area is 188 Å². The van der Waals surface area contributed by atoms with Crippen LogP contribution < -0.4 is 0 Å². The molecule has 164 valence electrons. The molecule has 3 heterocycles. The molecule has 5 rings (SSSR count). The van der Waals surface area contributed by atoms with Gasteiger partial charge in [-0.1, -0.05) is 36.4 Å². The van der Waals surface area contributed by atoms with Gasteiger partial charge in [0.2, 0.25) is 5.91 Å². The molecule has 0 radical (unpaired) electrons. The number of aromatic amines is 1. The number of imidazole rings is 1. The molecule has 1 unspecified atom stereocenters. The molecule has 2 aromatic heterocycles. The number of nitrogens with one attached hydrogen (secondary N) is 1. The molecule has 1 aliphatic heterocycles. The summed E-state index contributed by atoms with van der Waals surface area (Å²) in [5, 5.41) is 6.93. The molecule has 0 spiro atoms. The normalized spacial score (nSPS) is 16.9. The molecule has 6 nitrogen and oxygen atoms in total. The topological polar surface area (TPSA) is 66.8 Å². The second-order valence-corrected chi connectivity index (χ2v) is 8.80. The van der Waals surface area contributed by atoms with E-state index in [-0.39, 0.29) is 5.91 Å². The summed E-state index contributed by atoms with van der Waals surface area (Å²) in [5.74, 6) is 1.84. The lowest BCUT2D eigenvalue weighted by Gasteiger charge is -2.21. The highest BCUT2D eigenvalue weighted by atomic mass is 16.2. The van der Waals surface area contributed by atoms with Crippen LogP contribution in [0.25, 0.3) is 22.2 Å². The van der Waals surface area contributed by atoms with Crippen LogP contribution >= 0.6 is 0 Å². The van der Waals surface area contributed by atoms with E-state index < -0.39 is 0 Å². The maximum absolute atomic E-state index is 12.8. The van der Waals surface area contributed by atoms with Crippen molar-refractivity contribution in [3.05, 3.63) is 72.3 Å². The molecule has 1 saturated heterocycles. The zero-order chi connectivity index (χ0) is 21.9. The molecular formula is C26H29N5O. The second kappa shape index (κ2) is 8.99. The highest BCUT2D eigenvalue weighted by Crippen LogP contribution is 2.27. The lowest BCUT2D eigenvalue weighted by Crippen LogP contribution is -2.33. The van der Waals surface area contributed by atoms with Gasteiger partial charge >= 0.3 is 0 Å². The molecular weight excluding hydrogens is 398 g/mol. The molecule has 0 saturated carbocycles. The zero-order valence-corrected chi connectivity index (χ0v) is 18.5. The standard InChI is InChI=1S/C26H29N5O/c1-19-29-24-15-22(23-16-27-28-17-23)9-10-25(24)31(19)18-21-8-5-12-30(13-11-21)26(32)14-20-6-3-2-4-7-20/h2-4,6-7,9-10,15-17,21H,5,8,11-14,18H2,1H3,(H,27,28). The first-order chi connectivity index (χ1) is 15.7. The number of rotatable bonds is 5. The van der Waals surface area contributed by atoms with Crippen LogP contribution in [0.3, 0.4) is 0 Å². The van der Waals surface area contributed by atoms with E-state index in [4.69, 9.17) is 4.98 Å². The maximum atomic E-state index is 12.8. The minimum Gasteiger partial charge on any atom is -0.342 e. The quantitative estimate of drug-likeness (QED) is 0.506. The van der Waals surface area contributed by atoms with E-state index in [1.165, 1.54) is 5.52 Å². The first kappa shape index (κ1) is 20.5. The summed E-state index contributed by atoms with van der Waals surface area (Å²) in [6, 6.07) is 16.5. The lowest BCUT2D eigenvalue weighted by atomic mass is 10.0. The number of amides is 1. The smallest absolute Gasteiger partial charge is 0.226 e. The third-order valence-electron chi connectivity index (χ3n) is 6.61. The SMILES string of the molecule is Cc1nc2cc(-c3cn[nH]c3)ccc2n1CC1CCCN(C(=O)Cc2ccccc2)CC1. The van der Waals surface area contributed by atoms with Crippen LogP contribution in [-0.4, -0.2) is 43.6 Å². The summed E-state index contributed by atoms with van der Waals surface area (Å²) in [6.07, 6.45) is 7.47. The minimum absolute atomic E-state index is 0.243. The van der Waals surface area contributed by atoms with Crippen LogP contribution in [0.5, 0.6) is 0 Å². The fourth-order valence-corrected chi connectivity index (χ4v) is 4.81. The Morgan fingerprint density at radius 1 is 1.09 bits per heavy atom. The number of H-pyrrole nitrogens is 1. The lowest BCUT2D eigenvalue weighted by molar-refractivity contribution is -0.130. The van der Waals surface area contributed by atoms with Gasteiger partial charge in [-0.3, -0.25) is 9.89 Å². The fraction of sp³-hybridized carbons (Fsp3) is 0.346. The van der Waals surface area contributed by atoms with Gasteiger partial charge in [-0.25, -0.2) is 4.98 Å². The number of hydrogen-bond acceptors (Lipinski definition) is 3. The molecule has 1 fully saturated rings. The van der Waals surface area contributed by atoms with E-state index in [1.807, 2.05) is 42.7 Å². The Morgan fingerprint density at radius 2 is 1.97 bits per heavy atom. The van der Waals surface area contributed by atoms with E-state index in [0.717, 1.165) is 66.9 Å². The van der Waals surface area contributed by atoms with E-state index in [0.29, 0.717) is 12.3 Å². The van der Waals surface area contributed by atoms with Crippen LogP contribution in [0.15, 0.2) is 60.9 Å². The van der Waals surface area contributed by atoms with Gasteiger partial charge in [-0.2, -0.15) is 5.10 Å². The number of benzene rings is 2. The largest absolute Gasteiger partial charge is 0.342 e. The van der Waals surface area contributed by atoms with Crippen molar-refractivity contribution in [3.8, 4) is 11.1 Å². The number of hydrogen-bond donors (Lipinski definition) is 1. The van der Waals surface area contributed by atoms with Crippen molar-refractivity contribution in [2.45, 2.75) is 39.2 Å². The number of aryl methyl sites for hydroxylation is 1. The number of carbonyl (C=O) groups is 1. The first-order valence-electron chi connectivity index (χ1n) is 11.4. The first-order valence-corrected chi connectivity index (χ1v) is 11.4. The fourth-order valence-electron chi connectivity index (χ4n) is 4.81. The summed E-state index contributed by atoms with van der Waals surface area (Å²) in [5.41, 5.74) is 5.49. The minimum atomic E-state index is 0.243. The Balaban J connectivity index is 1.26. The van der Waals surface area contributed by atoms with Gasteiger partial charge in [0.05, 0.1) is 23.7 Å². The van der Waals surface area contributed by atoms with Crippen molar-refractivity contribution in [1.82, 2.24) is 24.6 Å². The van der Waals surface area contributed by atoms with Crippen molar-refractivity contribution >= 4 is 16.9 Å². The van der Waals surface area contributed by atoms with Gasteiger partial charge in [0, 0.05) is 31.4 Å². The van der Waals surface area contributed by atoms with Crippen molar-refractivity contribution in [2.24, 2.45) is 5.92 Å². The van der Waals surface area contributed by atoms with Crippen molar-refractivity contribution in [1.29, 1.82) is 0 Å². The Kier molecular flexibility index (Phi) is 5.75. The predicted molar refractivity (Wildman–Crippen MR) is 126 cm³/mol. The van der Waals surface area contributed by atoms with Gasteiger partial charge in [-0.15, -0.1) is 0 Å². The summed E-state index contributed by atoms with van der Waals surface area (Å²) in [6.45, 7) is 4.74. The van der Waals surface area contributed by atoms with Crippen LogP contribution in [0.4, 0.5) is 0 Å². The van der Waals surface area contributed by atoms with Gasteiger partial charge < -0.3 is 9.47 Å². The third kappa shape index (κ3) is 4.31. The van der Waals surface area contributed by atoms with Gasteiger partial charge in [0.1, 0.15) is 5.82 Å². The highest BCUT2D eigenvalue weighted by molar-refractivity contribution is 5.82. The van der Waals surface area contributed by atoms with Gasteiger partial charge in [0.15, 0.2) is 0 Å². The Hall–Kier alpha value is -3.41. The highest BCUT2D eigenvalue weighted by Gasteiger charge is 2.22. The van der Waals surface area contributed by atoms with Crippen LogP contribution in [-0.2, 0) is 17.8 Å². The average molecular weight is 428 g/mol. The Morgan fingerprint density at radius 3 is 2.78 bits per heavy atom. The zero-order valence-electron chi connectivity index (χ0n) is 18.5. The summed E-state index contributed by atoms with van der Waals surface area (Å²) in [7, 11) is 0. The Bertz CT molecular complexity index is 1200. The van der Waals surface area contributed by atoms with Gasteiger partial charge in [-0.05, 0) is 55.4 Å². The molecule has 0 bridgehead atoms.